The van der Waals surface area contributed by atoms with E-state index in [-0.39, 0.29) is 0 Å². The van der Waals surface area contributed by atoms with Gasteiger partial charge in [0.05, 0.1) is 12.0 Å². The average Bonchev–Trinajstić information content (AvgIpc) is 3.05. The molecule has 0 amide bonds. The first-order valence-corrected chi connectivity index (χ1v) is 7.66. The molecule has 0 spiro atoms. The van der Waals surface area contributed by atoms with Crippen molar-refractivity contribution in [1.82, 2.24) is 19.8 Å². The van der Waals surface area contributed by atoms with E-state index >= 15 is 0 Å². The predicted octanol–water partition coefficient (Wildman–Crippen LogP) is 2.11. The van der Waals surface area contributed by atoms with E-state index in [1.165, 1.54) is 31.6 Å². The predicted molar refractivity (Wildman–Crippen MR) is 79.0 cm³/mol. The van der Waals surface area contributed by atoms with Gasteiger partial charge in [-0.3, -0.25) is 4.90 Å². The van der Waals surface area contributed by atoms with Crippen LogP contribution in [0.4, 0.5) is 0 Å². The van der Waals surface area contributed by atoms with Gasteiger partial charge in [-0.1, -0.05) is 13.8 Å². The molecule has 0 bridgehead atoms. The Morgan fingerprint density at radius 3 is 2.68 bits per heavy atom. The third-order valence-electron chi connectivity index (χ3n) is 4.18. The van der Waals surface area contributed by atoms with Crippen LogP contribution >= 0.6 is 0 Å². The Bertz CT molecular complexity index is 366. The lowest BCUT2D eigenvalue weighted by Gasteiger charge is -2.31. The third kappa shape index (κ3) is 3.80. The fourth-order valence-corrected chi connectivity index (χ4v) is 2.99. The number of nitrogens with zero attached hydrogens (tertiary/aromatic N) is 3. The molecule has 1 fully saturated rings. The van der Waals surface area contributed by atoms with Crippen molar-refractivity contribution in [3.8, 4) is 0 Å². The number of hydrogen-bond donors (Lipinski definition) is 1. The summed E-state index contributed by atoms with van der Waals surface area (Å²) in [5, 5.41) is 3.62. The highest BCUT2D eigenvalue weighted by molar-refractivity contribution is 4.98. The molecule has 0 saturated carbocycles. The summed E-state index contributed by atoms with van der Waals surface area (Å²) >= 11 is 0. The maximum Gasteiger partial charge on any atom is 0.0948 e. The van der Waals surface area contributed by atoms with E-state index in [9.17, 15) is 0 Å². The quantitative estimate of drug-likeness (QED) is 0.819. The molecule has 1 aromatic heterocycles. The van der Waals surface area contributed by atoms with E-state index in [1.807, 2.05) is 12.5 Å². The highest BCUT2D eigenvalue weighted by Crippen LogP contribution is 2.17. The lowest BCUT2D eigenvalue weighted by molar-refractivity contribution is 0.186. The molecule has 1 aromatic rings. The number of likely N-dealkylation sites (tertiary alicyclic amines) is 1. The topological polar surface area (TPSA) is 33.1 Å². The van der Waals surface area contributed by atoms with Gasteiger partial charge in [0.25, 0.3) is 0 Å². The van der Waals surface area contributed by atoms with E-state index < -0.39 is 0 Å². The van der Waals surface area contributed by atoms with Crippen molar-refractivity contribution in [2.75, 3.05) is 19.6 Å². The molecule has 1 aliphatic heterocycles. The van der Waals surface area contributed by atoms with Crippen LogP contribution in [0.25, 0.3) is 0 Å². The molecule has 4 heteroatoms. The number of imidazole rings is 1. The smallest absolute Gasteiger partial charge is 0.0948 e. The SMILES string of the molecule is CCn1cncc1CNCC(C(C)C)N1CCCC1. The molecule has 1 N–H and O–H groups in total. The van der Waals surface area contributed by atoms with Crippen LogP contribution in [0.1, 0.15) is 39.3 Å². The Kier molecular flexibility index (Phi) is 5.40. The van der Waals surface area contributed by atoms with Crippen molar-refractivity contribution in [2.45, 2.75) is 52.7 Å². The van der Waals surface area contributed by atoms with Crippen molar-refractivity contribution in [3.05, 3.63) is 18.2 Å². The van der Waals surface area contributed by atoms with Crippen LogP contribution in [-0.4, -0.2) is 40.1 Å². The van der Waals surface area contributed by atoms with Gasteiger partial charge in [0, 0.05) is 31.9 Å². The van der Waals surface area contributed by atoms with Crippen molar-refractivity contribution < 1.29 is 0 Å². The molecule has 4 nitrogen and oxygen atoms in total. The zero-order valence-electron chi connectivity index (χ0n) is 12.6. The molecular weight excluding hydrogens is 236 g/mol. The second-order valence-electron chi connectivity index (χ2n) is 5.86. The molecule has 0 aliphatic carbocycles. The Balaban J connectivity index is 1.82. The van der Waals surface area contributed by atoms with Crippen molar-refractivity contribution in [1.29, 1.82) is 0 Å². The maximum atomic E-state index is 4.22. The van der Waals surface area contributed by atoms with Crippen LogP contribution in [0.2, 0.25) is 0 Å². The number of rotatable bonds is 7. The van der Waals surface area contributed by atoms with Gasteiger partial charge in [0.2, 0.25) is 0 Å². The van der Waals surface area contributed by atoms with Crippen LogP contribution in [0, 0.1) is 5.92 Å². The zero-order valence-corrected chi connectivity index (χ0v) is 12.6. The minimum Gasteiger partial charge on any atom is -0.334 e. The Hall–Kier alpha value is -0.870. The molecule has 1 atom stereocenters. The van der Waals surface area contributed by atoms with Gasteiger partial charge in [-0.05, 0) is 38.8 Å². The summed E-state index contributed by atoms with van der Waals surface area (Å²) in [6, 6.07) is 0.667. The lowest BCUT2D eigenvalue weighted by Crippen LogP contribution is -2.44. The standard InChI is InChI=1S/C15H28N4/c1-4-18-12-17-10-14(18)9-16-11-15(13(2)3)19-7-5-6-8-19/h10,12-13,15-16H,4-9,11H2,1-3H3. The molecule has 1 unspecified atom stereocenters. The molecule has 0 aromatic carbocycles. The minimum absolute atomic E-state index is 0.667. The molecule has 19 heavy (non-hydrogen) atoms. The molecule has 1 aliphatic rings. The number of hydrogen-bond acceptors (Lipinski definition) is 3. The summed E-state index contributed by atoms with van der Waals surface area (Å²) in [5.74, 6) is 0.710. The highest BCUT2D eigenvalue weighted by Gasteiger charge is 2.24. The van der Waals surface area contributed by atoms with Gasteiger partial charge in [-0.25, -0.2) is 4.98 Å². The Morgan fingerprint density at radius 2 is 2.05 bits per heavy atom. The number of nitrogens with one attached hydrogen (secondary N) is 1. The van der Waals surface area contributed by atoms with Gasteiger partial charge >= 0.3 is 0 Å². The minimum atomic E-state index is 0.667. The van der Waals surface area contributed by atoms with Crippen molar-refractivity contribution in [2.24, 2.45) is 5.92 Å². The molecule has 0 radical (unpaired) electrons. The van der Waals surface area contributed by atoms with Crippen LogP contribution in [-0.2, 0) is 13.1 Å². The van der Waals surface area contributed by atoms with Crippen molar-refractivity contribution >= 4 is 0 Å². The Labute approximate surface area is 117 Å². The van der Waals surface area contributed by atoms with E-state index in [4.69, 9.17) is 0 Å². The van der Waals surface area contributed by atoms with Gasteiger partial charge in [-0.2, -0.15) is 0 Å². The zero-order chi connectivity index (χ0) is 13.7. The van der Waals surface area contributed by atoms with Gasteiger partial charge in [0.1, 0.15) is 0 Å². The first kappa shape index (κ1) is 14.5. The van der Waals surface area contributed by atoms with E-state index in [0.717, 1.165) is 19.6 Å². The van der Waals surface area contributed by atoms with Crippen LogP contribution in [0.15, 0.2) is 12.5 Å². The molecule has 2 heterocycles. The van der Waals surface area contributed by atoms with Gasteiger partial charge < -0.3 is 9.88 Å². The fourth-order valence-electron chi connectivity index (χ4n) is 2.99. The van der Waals surface area contributed by atoms with E-state index in [0.29, 0.717) is 12.0 Å². The monoisotopic (exact) mass is 264 g/mol. The fraction of sp³-hybridized carbons (Fsp3) is 0.800. The van der Waals surface area contributed by atoms with Gasteiger partial charge in [-0.15, -0.1) is 0 Å². The first-order chi connectivity index (χ1) is 9.22. The first-order valence-electron chi connectivity index (χ1n) is 7.66. The molecule has 108 valence electrons. The lowest BCUT2D eigenvalue weighted by atomic mass is 10.0. The van der Waals surface area contributed by atoms with Gasteiger partial charge in [0.15, 0.2) is 0 Å². The van der Waals surface area contributed by atoms with E-state index in [2.05, 4.69) is 40.5 Å². The summed E-state index contributed by atoms with van der Waals surface area (Å²) in [7, 11) is 0. The summed E-state index contributed by atoms with van der Waals surface area (Å²) in [5.41, 5.74) is 1.28. The van der Waals surface area contributed by atoms with Crippen LogP contribution in [0.5, 0.6) is 0 Å². The second kappa shape index (κ2) is 7.06. The molecule has 1 saturated heterocycles. The Morgan fingerprint density at radius 1 is 1.32 bits per heavy atom. The number of aryl methyl sites for hydroxylation is 1. The highest BCUT2D eigenvalue weighted by atomic mass is 15.2. The van der Waals surface area contributed by atoms with Crippen LogP contribution < -0.4 is 5.32 Å². The third-order valence-corrected chi connectivity index (χ3v) is 4.18. The summed E-state index contributed by atoms with van der Waals surface area (Å²) in [6.45, 7) is 12.4. The summed E-state index contributed by atoms with van der Waals surface area (Å²) < 4.78 is 2.20. The summed E-state index contributed by atoms with van der Waals surface area (Å²) in [6.07, 6.45) is 6.62. The number of aromatic nitrogens is 2. The molecule has 2 rings (SSSR count). The van der Waals surface area contributed by atoms with E-state index in [1.54, 1.807) is 0 Å². The maximum absolute atomic E-state index is 4.22. The van der Waals surface area contributed by atoms with Crippen LogP contribution in [0.3, 0.4) is 0 Å². The summed E-state index contributed by atoms with van der Waals surface area (Å²) in [4.78, 5) is 6.86. The second-order valence-corrected chi connectivity index (χ2v) is 5.86. The normalized spacial score (nSPS) is 18.3. The largest absolute Gasteiger partial charge is 0.334 e. The molecular formula is C15H28N4. The van der Waals surface area contributed by atoms with Crippen molar-refractivity contribution in [3.63, 3.8) is 0 Å². The average molecular weight is 264 g/mol.